The molecule has 0 radical (unpaired) electrons. The molecule has 1 saturated heterocycles. The Morgan fingerprint density at radius 2 is 1.70 bits per heavy atom. The lowest BCUT2D eigenvalue weighted by Gasteiger charge is -2.33. The van der Waals surface area contributed by atoms with E-state index in [1.165, 1.54) is 0 Å². The van der Waals surface area contributed by atoms with Gasteiger partial charge in [0.15, 0.2) is 5.82 Å². The zero-order chi connectivity index (χ0) is 32.4. The summed E-state index contributed by atoms with van der Waals surface area (Å²) < 4.78 is 1.78. The summed E-state index contributed by atoms with van der Waals surface area (Å²) in [6.45, 7) is 9.10. The largest absolute Gasteiger partial charge is 0.361 e. The molecule has 9 nitrogen and oxygen atoms in total. The van der Waals surface area contributed by atoms with Crippen molar-refractivity contribution < 1.29 is 14.4 Å². The highest BCUT2D eigenvalue weighted by Gasteiger charge is 2.32. The number of anilines is 1. The van der Waals surface area contributed by atoms with Gasteiger partial charge in [0.05, 0.1) is 6.33 Å². The molecule has 3 aromatic carbocycles. The first kappa shape index (κ1) is 31.1. The Hall–Kier alpha value is -4.92. The molecule has 1 aliphatic heterocycles. The van der Waals surface area contributed by atoms with Crippen molar-refractivity contribution in [3.8, 4) is 0 Å². The number of carbonyl (C=O) groups excluding carboxylic acids is 3. The number of likely N-dealkylation sites (tertiary alicyclic amines) is 1. The van der Waals surface area contributed by atoms with Crippen molar-refractivity contribution in [1.29, 1.82) is 0 Å². The minimum absolute atomic E-state index is 0.00658. The van der Waals surface area contributed by atoms with E-state index in [4.69, 9.17) is 0 Å². The smallest absolute Gasteiger partial charge is 0.250 e. The van der Waals surface area contributed by atoms with Crippen LogP contribution in [0.1, 0.15) is 57.7 Å². The molecule has 3 amide bonds. The fourth-order valence-corrected chi connectivity index (χ4v) is 6.08. The van der Waals surface area contributed by atoms with E-state index >= 15 is 0 Å². The van der Waals surface area contributed by atoms with Gasteiger partial charge in [0, 0.05) is 48.2 Å². The van der Waals surface area contributed by atoms with Crippen molar-refractivity contribution >= 4 is 45.2 Å². The summed E-state index contributed by atoms with van der Waals surface area (Å²) in [5, 5.41) is 9.02. The van der Waals surface area contributed by atoms with Crippen molar-refractivity contribution in [2.75, 3.05) is 18.4 Å². The van der Waals surface area contributed by atoms with Crippen LogP contribution in [0.5, 0.6) is 0 Å². The van der Waals surface area contributed by atoms with Gasteiger partial charge in [-0.2, -0.15) is 0 Å². The number of amides is 3. The van der Waals surface area contributed by atoms with Crippen LogP contribution in [0, 0.1) is 11.3 Å². The monoisotopic (exact) mass is 618 g/mol. The number of aromatic nitrogens is 3. The second-order valence-electron chi connectivity index (χ2n) is 13.6. The fraction of sp³-hybridized carbons (Fsp3) is 0.351. The first-order valence-electron chi connectivity index (χ1n) is 16.0. The van der Waals surface area contributed by atoms with Gasteiger partial charge in [-0.25, -0.2) is 4.98 Å². The molecule has 2 atom stereocenters. The summed E-state index contributed by atoms with van der Waals surface area (Å²) in [6, 6.07) is 20.6. The maximum absolute atomic E-state index is 14.1. The summed E-state index contributed by atoms with van der Waals surface area (Å²) in [6.07, 6.45) is 7.42. The molecule has 2 aromatic heterocycles. The normalized spacial score (nSPS) is 15.5. The van der Waals surface area contributed by atoms with Crippen LogP contribution >= 0.6 is 0 Å². The first-order chi connectivity index (χ1) is 22.1. The van der Waals surface area contributed by atoms with E-state index in [0.29, 0.717) is 31.2 Å². The number of rotatable bonds is 8. The van der Waals surface area contributed by atoms with Crippen LogP contribution in [0.3, 0.4) is 0 Å². The molecular weight excluding hydrogens is 576 g/mol. The molecule has 6 rings (SSSR count). The van der Waals surface area contributed by atoms with Gasteiger partial charge in [-0.3, -0.25) is 14.4 Å². The van der Waals surface area contributed by atoms with Gasteiger partial charge in [0.25, 0.3) is 0 Å². The standard InChI is InChI=1S/C37H42N6O3/c1-24-15-17-42(18-16-24)35(45)33(27-14-13-25-9-5-6-10-26(25)19-27)43-22-32(39-23-43)41-34(44)31(40-36(46)37(2,3)4)20-28-21-38-30-12-8-7-11-29(28)30/h5-14,19,21-24,31,33,38H,15-18,20H2,1-4H3,(H,40,46)(H,41,44). The Bertz CT molecular complexity index is 1870. The second-order valence-corrected chi connectivity index (χ2v) is 13.6. The Morgan fingerprint density at radius 1 is 0.978 bits per heavy atom. The molecule has 0 saturated carbocycles. The molecule has 5 aromatic rings. The zero-order valence-corrected chi connectivity index (χ0v) is 26.9. The molecule has 1 fully saturated rings. The number of carbonyl (C=O) groups is 3. The summed E-state index contributed by atoms with van der Waals surface area (Å²) in [4.78, 5) is 50.7. The minimum atomic E-state index is -0.843. The molecule has 0 aliphatic carbocycles. The van der Waals surface area contributed by atoms with Crippen molar-refractivity contribution in [2.24, 2.45) is 11.3 Å². The third-order valence-corrected chi connectivity index (χ3v) is 8.97. The van der Waals surface area contributed by atoms with E-state index < -0.39 is 17.5 Å². The lowest BCUT2D eigenvalue weighted by atomic mass is 9.94. The van der Waals surface area contributed by atoms with Crippen molar-refractivity contribution in [3.05, 3.63) is 96.6 Å². The van der Waals surface area contributed by atoms with Crippen molar-refractivity contribution in [3.63, 3.8) is 0 Å². The first-order valence-corrected chi connectivity index (χ1v) is 16.0. The van der Waals surface area contributed by atoms with Crippen LogP contribution in [0.2, 0.25) is 0 Å². The van der Waals surface area contributed by atoms with Gasteiger partial charge in [0.1, 0.15) is 12.1 Å². The summed E-state index contributed by atoms with van der Waals surface area (Å²) >= 11 is 0. The lowest BCUT2D eigenvalue weighted by molar-refractivity contribution is -0.135. The lowest BCUT2D eigenvalue weighted by Crippen LogP contribution is -2.49. The maximum atomic E-state index is 14.1. The van der Waals surface area contributed by atoms with Gasteiger partial charge in [-0.15, -0.1) is 0 Å². The summed E-state index contributed by atoms with van der Waals surface area (Å²) in [7, 11) is 0. The van der Waals surface area contributed by atoms with E-state index in [-0.39, 0.29) is 17.7 Å². The SMILES string of the molecule is CC1CCN(C(=O)C(c2ccc3ccccc3c2)n2cnc(NC(=O)C(Cc3c[nH]c4ccccc34)NC(=O)C(C)(C)C)c2)CC1. The van der Waals surface area contributed by atoms with E-state index in [1.807, 2.05) is 86.5 Å². The number of hydrogen-bond donors (Lipinski definition) is 3. The quantitative estimate of drug-likeness (QED) is 0.196. The number of benzene rings is 3. The predicted molar refractivity (Wildman–Crippen MR) is 181 cm³/mol. The van der Waals surface area contributed by atoms with Crippen LogP contribution < -0.4 is 10.6 Å². The Labute approximate surface area is 269 Å². The highest BCUT2D eigenvalue weighted by Crippen LogP contribution is 2.29. The van der Waals surface area contributed by atoms with Crippen LogP contribution in [0.25, 0.3) is 21.7 Å². The number of fused-ring (bicyclic) bond motifs is 2. The molecule has 3 N–H and O–H groups in total. The third-order valence-electron chi connectivity index (χ3n) is 8.97. The van der Waals surface area contributed by atoms with Gasteiger partial charge in [0.2, 0.25) is 17.7 Å². The average molecular weight is 619 g/mol. The number of nitrogens with zero attached hydrogens (tertiary/aromatic N) is 3. The van der Waals surface area contributed by atoms with Crippen LogP contribution in [0.15, 0.2) is 85.5 Å². The molecular formula is C37H42N6O3. The number of aromatic amines is 1. The minimum Gasteiger partial charge on any atom is -0.361 e. The van der Waals surface area contributed by atoms with Gasteiger partial charge in [-0.1, -0.05) is 82.3 Å². The number of para-hydroxylation sites is 1. The topological polar surface area (TPSA) is 112 Å². The van der Waals surface area contributed by atoms with Gasteiger partial charge >= 0.3 is 0 Å². The maximum Gasteiger partial charge on any atom is 0.250 e. The van der Waals surface area contributed by atoms with Gasteiger partial charge < -0.3 is 25.1 Å². The average Bonchev–Trinajstić information content (AvgIpc) is 3.67. The number of nitrogens with one attached hydrogen (secondary N) is 3. The zero-order valence-electron chi connectivity index (χ0n) is 26.9. The number of imidazole rings is 1. The van der Waals surface area contributed by atoms with E-state index in [1.54, 1.807) is 17.1 Å². The molecule has 0 spiro atoms. The molecule has 1 aliphatic rings. The fourth-order valence-electron chi connectivity index (χ4n) is 6.08. The van der Waals surface area contributed by atoms with Crippen molar-refractivity contribution in [1.82, 2.24) is 24.8 Å². The van der Waals surface area contributed by atoms with E-state index in [2.05, 4.69) is 39.7 Å². The molecule has 0 bridgehead atoms. The molecule has 9 heteroatoms. The highest BCUT2D eigenvalue weighted by molar-refractivity contribution is 5.98. The van der Waals surface area contributed by atoms with Crippen LogP contribution in [-0.2, 0) is 20.8 Å². The number of hydrogen-bond acceptors (Lipinski definition) is 4. The molecule has 238 valence electrons. The number of piperidine rings is 1. The van der Waals surface area contributed by atoms with E-state index in [0.717, 1.165) is 45.6 Å². The summed E-state index contributed by atoms with van der Waals surface area (Å²) in [5.41, 5.74) is 2.06. The molecule has 2 unspecified atom stereocenters. The Kier molecular flexibility index (Phi) is 8.67. The number of H-pyrrole nitrogens is 1. The molecule has 3 heterocycles. The Morgan fingerprint density at radius 3 is 2.46 bits per heavy atom. The third kappa shape index (κ3) is 6.68. The van der Waals surface area contributed by atoms with Crippen LogP contribution in [0.4, 0.5) is 5.82 Å². The molecule has 46 heavy (non-hydrogen) atoms. The second kappa shape index (κ2) is 12.8. The van der Waals surface area contributed by atoms with Crippen LogP contribution in [-0.4, -0.2) is 56.3 Å². The predicted octanol–water partition coefficient (Wildman–Crippen LogP) is 6.08. The highest BCUT2D eigenvalue weighted by atomic mass is 16.2. The van der Waals surface area contributed by atoms with Gasteiger partial charge in [-0.05, 0) is 52.8 Å². The van der Waals surface area contributed by atoms with E-state index in [9.17, 15) is 14.4 Å². The Balaban J connectivity index is 1.28. The summed E-state index contributed by atoms with van der Waals surface area (Å²) in [5.74, 6) is 0.300. The van der Waals surface area contributed by atoms with Crippen molar-refractivity contribution in [2.45, 2.75) is 59.0 Å².